The first kappa shape index (κ1) is 18.5. The van der Waals surface area contributed by atoms with E-state index in [2.05, 4.69) is 0 Å². The lowest BCUT2D eigenvalue weighted by Gasteiger charge is -2.12. The molecule has 4 rings (SSSR count). The minimum atomic E-state index is -0.380. The molecule has 0 saturated carbocycles. The molecule has 0 aliphatic carbocycles. The van der Waals surface area contributed by atoms with Crippen LogP contribution in [0.5, 0.6) is 0 Å². The molecule has 1 aromatic heterocycles. The first-order valence-electron chi connectivity index (χ1n) is 8.35. The van der Waals surface area contributed by atoms with Crippen LogP contribution in [0.2, 0.25) is 5.02 Å². The zero-order valence-corrected chi connectivity index (χ0v) is 16.0. The Kier molecular flexibility index (Phi) is 5.07. The maximum Gasteiger partial charge on any atom is 0.293 e. The Balaban J connectivity index is 1.53. The highest BCUT2D eigenvalue weighted by Crippen LogP contribution is 2.34. The average molecular weight is 414 g/mol. The summed E-state index contributed by atoms with van der Waals surface area (Å²) in [6, 6.07) is 16.4. The molecule has 2 amide bonds. The van der Waals surface area contributed by atoms with Gasteiger partial charge < -0.3 is 4.42 Å². The number of rotatable bonds is 4. The number of nitrogens with zero attached hydrogens (tertiary/aromatic N) is 1. The largest absolute Gasteiger partial charge is 0.457 e. The Morgan fingerprint density at radius 3 is 2.61 bits per heavy atom. The van der Waals surface area contributed by atoms with Crippen LogP contribution in [-0.2, 0) is 11.3 Å². The summed E-state index contributed by atoms with van der Waals surface area (Å²) in [4.78, 5) is 26.3. The molecule has 7 heteroatoms. The highest BCUT2D eigenvalue weighted by atomic mass is 35.5. The first-order chi connectivity index (χ1) is 13.5. The van der Waals surface area contributed by atoms with E-state index in [-0.39, 0.29) is 28.4 Å². The minimum Gasteiger partial charge on any atom is -0.457 e. The van der Waals surface area contributed by atoms with E-state index in [1.165, 1.54) is 23.1 Å². The molecule has 1 fully saturated rings. The van der Waals surface area contributed by atoms with Crippen molar-refractivity contribution in [3.8, 4) is 11.3 Å². The molecule has 4 nitrogen and oxygen atoms in total. The Labute approximate surface area is 169 Å². The fourth-order valence-corrected chi connectivity index (χ4v) is 3.81. The lowest BCUT2D eigenvalue weighted by molar-refractivity contribution is -0.123. The summed E-state index contributed by atoms with van der Waals surface area (Å²) in [6.07, 6.45) is 1.54. The van der Waals surface area contributed by atoms with Crippen LogP contribution in [0.4, 0.5) is 9.18 Å². The van der Waals surface area contributed by atoms with Crippen LogP contribution in [0.1, 0.15) is 11.3 Å². The number of benzene rings is 2. The Morgan fingerprint density at radius 2 is 1.86 bits per heavy atom. The molecule has 0 atom stereocenters. The topological polar surface area (TPSA) is 50.5 Å². The van der Waals surface area contributed by atoms with Gasteiger partial charge in [0.2, 0.25) is 0 Å². The lowest BCUT2D eigenvalue weighted by Crippen LogP contribution is -2.27. The van der Waals surface area contributed by atoms with Crippen LogP contribution in [0.25, 0.3) is 17.4 Å². The first-order valence-corrected chi connectivity index (χ1v) is 9.54. The van der Waals surface area contributed by atoms with Crippen molar-refractivity contribution in [3.05, 3.63) is 87.7 Å². The summed E-state index contributed by atoms with van der Waals surface area (Å²) in [6.45, 7) is 0.154. The molecule has 0 N–H and O–H groups in total. The van der Waals surface area contributed by atoms with Crippen molar-refractivity contribution in [2.75, 3.05) is 0 Å². The molecular formula is C21H13ClFNO3S. The van der Waals surface area contributed by atoms with Gasteiger partial charge in [0.15, 0.2) is 0 Å². The fourth-order valence-electron chi connectivity index (χ4n) is 2.78. The molecule has 0 radical (unpaired) electrons. The van der Waals surface area contributed by atoms with Crippen molar-refractivity contribution in [1.82, 2.24) is 4.90 Å². The smallest absolute Gasteiger partial charge is 0.293 e. The van der Waals surface area contributed by atoms with Gasteiger partial charge in [-0.05, 0) is 65.9 Å². The zero-order valence-electron chi connectivity index (χ0n) is 14.4. The number of carbonyl (C=O) groups is 2. The van der Waals surface area contributed by atoms with E-state index < -0.39 is 0 Å². The molecule has 1 aliphatic rings. The van der Waals surface area contributed by atoms with Gasteiger partial charge in [0, 0.05) is 16.7 Å². The van der Waals surface area contributed by atoms with E-state index in [9.17, 15) is 14.0 Å². The van der Waals surface area contributed by atoms with Crippen molar-refractivity contribution in [3.63, 3.8) is 0 Å². The molecule has 1 saturated heterocycles. The van der Waals surface area contributed by atoms with Gasteiger partial charge in [-0.2, -0.15) is 0 Å². The van der Waals surface area contributed by atoms with E-state index in [4.69, 9.17) is 16.0 Å². The molecule has 2 heterocycles. The normalized spacial score (nSPS) is 15.6. The van der Waals surface area contributed by atoms with Crippen LogP contribution >= 0.6 is 23.4 Å². The van der Waals surface area contributed by atoms with Crippen molar-refractivity contribution < 1.29 is 18.4 Å². The Bertz CT molecular complexity index is 1090. The summed E-state index contributed by atoms with van der Waals surface area (Å²) in [5.41, 5.74) is 1.49. The third-order valence-electron chi connectivity index (χ3n) is 4.13. The Morgan fingerprint density at radius 1 is 1.07 bits per heavy atom. The number of amides is 2. The molecule has 28 heavy (non-hydrogen) atoms. The number of thioether (sulfide) groups is 1. The molecule has 0 spiro atoms. The predicted molar refractivity (Wildman–Crippen MR) is 107 cm³/mol. The zero-order chi connectivity index (χ0) is 19.7. The van der Waals surface area contributed by atoms with Gasteiger partial charge in [-0.15, -0.1) is 0 Å². The van der Waals surface area contributed by atoms with E-state index in [1.54, 1.807) is 48.5 Å². The summed E-state index contributed by atoms with van der Waals surface area (Å²) in [7, 11) is 0. The standard InChI is InChI=1S/C21H13ClFNO3S/c22-15-3-1-2-13(10-15)12-24-20(25)19(28-21(24)26)11-17-8-9-18(27-17)14-4-6-16(23)7-5-14/h1-11H,12H2/b19-11-. The second kappa shape index (κ2) is 7.66. The van der Waals surface area contributed by atoms with E-state index in [1.807, 2.05) is 0 Å². The van der Waals surface area contributed by atoms with Gasteiger partial charge in [-0.3, -0.25) is 14.5 Å². The minimum absolute atomic E-state index is 0.154. The number of halogens is 2. The molecular weight excluding hydrogens is 401 g/mol. The molecule has 0 unspecified atom stereocenters. The number of carbonyl (C=O) groups excluding carboxylic acids is 2. The Hall–Kier alpha value is -2.83. The lowest BCUT2D eigenvalue weighted by atomic mass is 10.2. The van der Waals surface area contributed by atoms with Crippen LogP contribution < -0.4 is 0 Å². The highest BCUT2D eigenvalue weighted by molar-refractivity contribution is 8.18. The number of imide groups is 1. The van der Waals surface area contributed by atoms with E-state index in [0.717, 1.165) is 22.9 Å². The number of furan rings is 1. The van der Waals surface area contributed by atoms with Crippen molar-refractivity contribution in [2.24, 2.45) is 0 Å². The quantitative estimate of drug-likeness (QED) is 0.494. The van der Waals surface area contributed by atoms with Crippen molar-refractivity contribution >= 4 is 40.6 Å². The monoisotopic (exact) mass is 413 g/mol. The van der Waals surface area contributed by atoms with Crippen LogP contribution in [0.3, 0.4) is 0 Å². The maximum absolute atomic E-state index is 13.0. The number of hydrogen-bond donors (Lipinski definition) is 0. The fraction of sp³-hybridized carbons (Fsp3) is 0.0476. The number of hydrogen-bond acceptors (Lipinski definition) is 4. The SMILES string of the molecule is O=C1S/C(=C\c2ccc(-c3ccc(F)cc3)o2)C(=O)N1Cc1cccc(Cl)c1. The summed E-state index contributed by atoms with van der Waals surface area (Å²) < 4.78 is 18.8. The molecule has 0 bridgehead atoms. The van der Waals surface area contributed by atoms with E-state index in [0.29, 0.717) is 16.5 Å². The van der Waals surface area contributed by atoms with Gasteiger partial charge in [0.05, 0.1) is 11.4 Å². The van der Waals surface area contributed by atoms with Crippen LogP contribution in [-0.4, -0.2) is 16.0 Å². The summed E-state index contributed by atoms with van der Waals surface area (Å²) in [5.74, 6) is 0.274. The van der Waals surface area contributed by atoms with E-state index >= 15 is 0 Å². The average Bonchev–Trinajstić information content (AvgIpc) is 3.23. The summed E-state index contributed by atoms with van der Waals surface area (Å²) >= 11 is 6.83. The highest BCUT2D eigenvalue weighted by Gasteiger charge is 2.35. The van der Waals surface area contributed by atoms with Gasteiger partial charge in [0.1, 0.15) is 17.3 Å². The van der Waals surface area contributed by atoms with Gasteiger partial charge in [0.25, 0.3) is 11.1 Å². The second-order valence-electron chi connectivity index (χ2n) is 6.11. The van der Waals surface area contributed by atoms with Gasteiger partial charge >= 0.3 is 0 Å². The second-order valence-corrected chi connectivity index (χ2v) is 7.54. The van der Waals surface area contributed by atoms with Crippen LogP contribution in [0.15, 0.2) is 70.0 Å². The molecule has 140 valence electrons. The maximum atomic E-state index is 13.0. The predicted octanol–water partition coefficient (Wildman–Crippen LogP) is 5.98. The third kappa shape index (κ3) is 3.88. The summed E-state index contributed by atoms with van der Waals surface area (Å²) in [5, 5.41) is 0.200. The van der Waals surface area contributed by atoms with Crippen molar-refractivity contribution in [1.29, 1.82) is 0 Å². The van der Waals surface area contributed by atoms with Crippen molar-refractivity contribution in [2.45, 2.75) is 6.54 Å². The molecule has 3 aromatic rings. The van der Waals surface area contributed by atoms with Gasteiger partial charge in [-0.1, -0.05) is 23.7 Å². The van der Waals surface area contributed by atoms with Crippen LogP contribution in [0, 0.1) is 5.82 Å². The third-order valence-corrected chi connectivity index (χ3v) is 5.27. The molecule has 2 aromatic carbocycles. The molecule has 1 aliphatic heterocycles. The van der Waals surface area contributed by atoms with Gasteiger partial charge in [-0.25, -0.2) is 4.39 Å².